The molecule has 0 saturated heterocycles. The lowest BCUT2D eigenvalue weighted by Gasteiger charge is -2.45. The lowest BCUT2D eigenvalue weighted by molar-refractivity contribution is 0.589. The minimum Gasteiger partial charge on any atom is -0.311 e. The van der Waals surface area contributed by atoms with Gasteiger partial charge >= 0.3 is 0 Å². The maximum Gasteiger partial charge on any atom is 0.252 e. The highest BCUT2D eigenvalue weighted by molar-refractivity contribution is 7.00. The van der Waals surface area contributed by atoms with Crippen LogP contribution >= 0.6 is 0 Å². The summed E-state index contributed by atoms with van der Waals surface area (Å²) in [6, 6.07) is 77.2. The summed E-state index contributed by atoms with van der Waals surface area (Å²) in [5.41, 5.74) is 30.9. The van der Waals surface area contributed by atoms with Gasteiger partial charge in [-0.15, -0.1) is 0 Å². The Kier molecular flexibility index (Phi) is 11.7. The monoisotopic (exact) mass is 1080 g/mol. The molecule has 1 aliphatic carbocycles. The van der Waals surface area contributed by atoms with Crippen molar-refractivity contribution in [1.29, 1.82) is 0 Å². The summed E-state index contributed by atoms with van der Waals surface area (Å²) < 4.78 is 2.45. The number of aryl methyl sites for hydroxylation is 3. The molecule has 0 N–H and O–H groups in total. The molecule has 1 aromatic heterocycles. The van der Waals surface area contributed by atoms with Crippen LogP contribution in [-0.4, -0.2) is 11.3 Å². The van der Waals surface area contributed by atoms with E-state index in [1.165, 1.54) is 128 Å². The first kappa shape index (κ1) is 52.5. The van der Waals surface area contributed by atoms with Crippen LogP contribution in [0.25, 0.3) is 38.6 Å². The smallest absolute Gasteiger partial charge is 0.252 e. The van der Waals surface area contributed by atoms with Crippen molar-refractivity contribution in [3.63, 3.8) is 0 Å². The Hall–Kier alpha value is -8.54. The van der Waals surface area contributed by atoms with E-state index in [1.54, 1.807) is 0 Å². The van der Waals surface area contributed by atoms with Gasteiger partial charge in [0.05, 0.1) is 16.7 Å². The van der Waals surface area contributed by atoms with E-state index in [-0.39, 0.29) is 28.4 Å². The predicted octanol–water partition coefficient (Wildman–Crippen LogP) is 19.5. The largest absolute Gasteiger partial charge is 0.311 e. The zero-order valence-electron chi connectivity index (χ0n) is 50.9. The molecule has 0 saturated carbocycles. The Bertz CT molecular complexity index is 4440. The first-order valence-corrected chi connectivity index (χ1v) is 29.9. The highest BCUT2D eigenvalue weighted by Gasteiger charge is 2.45. The van der Waals surface area contributed by atoms with E-state index in [1.807, 2.05) is 0 Å². The molecule has 11 aromatic rings. The van der Waals surface area contributed by atoms with Crippen molar-refractivity contribution in [3.05, 3.63) is 245 Å². The Balaban J connectivity index is 1.06. The number of benzene rings is 10. The fourth-order valence-corrected chi connectivity index (χ4v) is 14.3. The third-order valence-electron chi connectivity index (χ3n) is 18.7. The number of para-hydroxylation sites is 2. The SMILES string of the molecule is Cc1cc2c3c(c1)N(c1ccc(C(C)(C)C)cc1)c1cc(C(C)(C)C)ccc1B3c1ccc(N(c3ccc4c5ccccc5n(-c5ccccc5)c4c3)c3c(C)cc(C(C)(C)C)cc3C)cc1N2c1ccc2c(c1)C(C)(C)c1ccccc1-2. The minimum atomic E-state index is -0.192. The average molecular weight is 1080 g/mol. The molecule has 83 heavy (non-hydrogen) atoms. The van der Waals surface area contributed by atoms with Crippen LogP contribution in [0, 0.1) is 20.8 Å². The minimum absolute atomic E-state index is 0.0215. The Morgan fingerprint density at radius 3 is 1.63 bits per heavy atom. The van der Waals surface area contributed by atoms with Crippen molar-refractivity contribution >= 4 is 96.1 Å². The summed E-state index contributed by atoms with van der Waals surface area (Å²) in [5.74, 6) is 0. The van der Waals surface area contributed by atoms with Gasteiger partial charge in [-0.3, -0.25) is 0 Å². The number of aromatic nitrogens is 1. The summed E-state index contributed by atoms with van der Waals surface area (Å²) in [4.78, 5) is 7.78. The Morgan fingerprint density at radius 2 is 0.940 bits per heavy atom. The first-order valence-electron chi connectivity index (χ1n) is 29.9. The molecular weight excluding hydrogens is 1000 g/mol. The molecule has 0 bridgehead atoms. The molecule has 0 amide bonds. The van der Waals surface area contributed by atoms with Gasteiger partial charge in [-0.1, -0.05) is 191 Å². The van der Waals surface area contributed by atoms with Gasteiger partial charge in [-0.25, -0.2) is 0 Å². The second-order valence-electron chi connectivity index (χ2n) is 27.7. The summed E-state index contributed by atoms with van der Waals surface area (Å²) in [6.45, 7) is 32.6. The molecule has 5 heteroatoms. The quantitative estimate of drug-likeness (QED) is 0.154. The number of nitrogens with zero attached hydrogens (tertiary/aromatic N) is 4. The van der Waals surface area contributed by atoms with Crippen LogP contribution in [0.3, 0.4) is 0 Å². The van der Waals surface area contributed by atoms with Crippen LogP contribution in [0.15, 0.2) is 200 Å². The lowest BCUT2D eigenvalue weighted by Crippen LogP contribution is -2.61. The molecule has 410 valence electrons. The molecule has 0 unspecified atom stereocenters. The zero-order valence-corrected chi connectivity index (χ0v) is 50.9. The van der Waals surface area contributed by atoms with E-state index >= 15 is 0 Å². The first-order chi connectivity index (χ1) is 39.6. The summed E-state index contributed by atoms with van der Waals surface area (Å²) in [7, 11) is 0. The summed E-state index contributed by atoms with van der Waals surface area (Å²) in [6.07, 6.45) is 0. The topological polar surface area (TPSA) is 14.7 Å². The van der Waals surface area contributed by atoms with Crippen molar-refractivity contribution < 1.29 is 0 Å². The molecule has 0 fully saturated rings. The number of fused-ring (bicyclic) bond motifs is 10. The van der Waals surface area contributed by atoms with E-state index in [4.69, 9.17) is 0 Å². The molecule has 0 radical (unpaired) electrons. The number of rotatable bonds is 6. The van der Waals surface area contributed by atoms with Crippen LogP contribution in [0.5, 0.6) is 0 Å². The summed E-state index contributed by atoms with van der Waals surface area (Å²) >= 11 is 0. The Labute approximate surface area is 492 Å². The lowest BCUT2D eigenvalue weighted by atomic mass is 9.33. The highest BCUT2D eigenvalue weighted by atomic mass is 15.2. The fraction of sp³-hybridized carbons (Fsp3) is 0.231. The van der Waals surface area contributed by atoms with Gasteiger partial charge in [0.2, 0.25) is 0 Å². The average Bonchev–Trinajstić information content (AvgIpc) is 4.13. The second kappa shape index (κ2) is 18.5. The molecule has 0 spiro atoms. The van der Waals surface area contributed by atoms with Gasteiger partial charge in [0.1, 0.15) is 0 Å². The molecule has 2 aliphatic heterocycles. The van der Waals surface area contributed by atoms with Crippen molar-refractivity contribution in [2.45, 2.75) is 119 Å². The van der Waals surface area contributed by atoms with Gasteiger partial charge in [0.15, 0.2) is 0 Å². The van der Waals surface area contributed by atoms with Crippen LogP contribution in [0.1, 0.15) is 121 Å². The zero-order chi connectivity index (χ0) is 57.8. The van der Waals surface area contributed by atoms with Gasteiger partial charge in [0, 0.05) is 67.4 Å². The van der Waals surface area contributed by atoms with Gasteiger partial charge in [-0.05, 0) is 194 Å². The van der Waals surface area contributed by atoms with E-state index in [0.717, 1.165) is 22.7 Å². The standard InChI is InChI=1S/C78H75BN4/c1-48-40-71-73-72(41-48)83(56-33-36-60-59-24-18-20-26-63(59)78(13,14)64(60)45-56)70-47-58(35-39-66(70)79(73)65-38-30-52(76(7,8)9)44-69(65)82(71)55-31-28-51(29-32-55)75(4,5)6)80(74-49(2)42-53(43-50(74)3)77(10,11)12)57-34-37-62-61-25-19-21-27-67(61)81(68(62)46-57)54-22-16-15-17-23-54/h15-47H,1-14H3. The van der Waals surface area contributed by atoms with Crippen molar-refractivity contribution in [1.82, 2.24) is 4.57 Å². The molecule has 3 heterocycles. The van der Waals surface area contributed by atoms with Crippen molar-refractivity contribution in [2.75, 3.05) is 14.7 Å². The van der Waals surface area contributed by atoms with E-state index < -0.39 is 0 Å². The van der Waals surface area contributed by atoms with Crippen LogP contribution < -0.4 is 31.1 Å². The van der Waals surface area contributed by atoms with Gasteiger partial charge < -0.3 is 19.3 Å². The molecular formula is C78H75BN4. The fourth-order valence-electron chi connectivity index (χ4n) is 14.3. The van der Waals surface area contributed by atoms with Gasteiger partial charge in [-0.2, -0.15) is 0 Å². The normalized spacial score (nSPS) is 14.2. The second-order valence-corrected chi connectivity index (χ2v) is 27.7. The number of anilines is 9. The molecule has 4 nitrogen and oxygen atoms in total. The van der Waals surface area contributed by atoms with Crippen LogP contribution in [0.2, 0.25) is 0 Å². The van der Waals surface area contributed by atoms with Crippen LogP contribution in [0.4, 0.5) is 51.2 Å². The van der Waals surface area contributed by atoms with Crippen molar-refractivity contribution in [3.8, 4) is 16.8 Å². The maximum absolute atomic E-state index is 2.63. The maximum atomic E-state index is 2.63. The number of hydrogen-bond donors (Lipinski definition) is 0. The predicted molar refractivity (Wildman–Crippen MR) is 357 cm³/mol. The van der Waals surface area contributed by atoms with Crippen LogP contribution in [-0.2, 0) is 21.7 Å². The molecule has 0 atom stereocenters. The molecule has 14 rings (SSSR count). The third kappa shape index (κ3) is 8.23. The van der Waals surface area contributed by atoms with E-state index in [0.29, 0.717) is 0 Å². The Morgan fingerprint density at radius 1 is 0.398 bits per heavy atom. The highest BCUT2D eigenvalue weighted by Crippen LogP contribution is 2.53. The van der Waals surface area contributed by atoms with E-state index in [9.17, 15) is 0 Å². The molecule has 3 aliphatic rings. The number of hydrogen-bond acceptors (Lipinski definition) is 3. The van der Waals surface area contributed by atoms with Crippen molar-refractivity contribution in [2.24, 2.45) is 0 Å². The van der Waals surface area contributed by atoms with Gasteiger partial charge in [0.25, 0.3) is 6.71 Å². The molecule has 10 aromatic carbocycles. The third-order valence-corrected chi connectivity index (χ3v) is 18.7. The van der Waals surface area contributed by atoms with E-state index in [2.05, 4.69) is 316 Å². The summed E-state index contributed by atoms with van der Waals surface area (Å²) in [5, 5.41) is 2.48.